The fourth-order valence-electron chi connectivity index (χ4n) is 2.34. The first-order valence-corrected chi connectivity index (χ1v) is 7.86. The lowest BCUT2D eigenvalue weighted by molar-refractivity contribution is 0.586. The van der Waals surface area contributed by atoms with Crippen LogP contribution in [0.25, 0.3) is 0 Å². The number of rotatable bonds is 6. The van der Waals surface area contributed by atoms with E-state index in [9.17, 15) is 4.39 Å². The van der Waals surface area contributed by atoms with E-state index < -0.39 is 0 Å². The molecule has 0 atom stereocenters. The minimum absolute atomic E-state index is 0.117. The van der Waals surface area contributed by atoms with Gasteiger partial charge in [-0.1, -0.05) is 12.1 Å². The Bertz CT molecular complexity index is 564. The predicted molar refractivity (Wildman–Crippen MR) is 82.7 cm³/mol. The van der Waals surface area contributed by atoms with Crippen molar-refractivity contribution in [3.8, 4) is 0 Å². The number of benzene rings is 1. The molecule has 0 bridgehead atoms. The summed E-state index contributed by atoms with van der Waals surface area (Å²) in [6.45, 7) is 1.43. The third kappa shape index (κ3) is 3.19. The molecule has 3 rings (SSSR count). The highest BCUT2D eigenvalue weighted by Crippen LogP contribution is 2.26. The van der Waals surface area contributed by atoms with E-state index in [0.717, 1.165) is 17.8 Å². The third-order valence-electron chi connectivity index (χ3n) is 3.62. The molecule has 1 heterocycles. The monoisotopic (exact) mass is 290 g/mol. The summed E-state index contributed by atoms with van der Waals surface area (Å²) in [5.74, 6) is -0.117. The molecule has 0 radical (unpaired) electrons. The quantitative estimate of drug-likeness (QED) is 0.871. The molecule has 1 aliphatic carbocycles. The molecule has 1 aliphatic rings. The van der Waals surface area contributed by atoms with E-state index in [1.807, 2.05) is 13.1 Å². The first-order valence-electron chi connectivity index (χ1n) is 6.98. The molecular weight excluding hydrogens is 271 g/mol. The van der Waals surface area contributed by atoms with Gasteiger partial charge in [-0.05, 0) is 36.4 Å². The summed E-state index contributed by atoms with van der Waals surface area (Å²) in [6, 6.07) is 10.1. The zero-order valence-corrected chi connectivity index (χ0v) is 12.4. The molecule has 0 spiro atoms. The van der Waals surface area contributed by atoms with Gasteiger partial charge < -0.3 is 10.2 Å². The molecule has 20 heavy (non-hydrogen) atoms. The summed E-state index contributed by atoms with van der Waals surface area (Å²) in [7, 11) is 2.02. The van der Waals surface area contributed by atoms with Crippen LogP contribution in [-0.4, -0.2) is 13.1 Å². The molecule has 0 aliphatic heterocycles. The molecule has 1 aromatic heterocycles. The fourth-order valence-corrected chi connectivity index (χ4v) is 3.09. The van der Waals surface area contributed by atoms with Crippen LogP contribution in [0.1, 0.15) is 23.3 Å². The van der Waals surface area contributed by atoms with Gasteiger partial charge >= 0.3 is 0 Å². The first-order chi connectivity index (χ1) is 9.74. The van der Waals surface area contributed by atoms with Crippen LogP contribution in [0.4, 0.5) is 10.1 Å². The number of hydrogen-bond donors (Lipinski definition) is 1. The number of anilines is 1. The lowest BCUT2D eigenvalue weighted by Crippen LogP contribution is -2.22. The van der Waals surface area contributed by atoms with Crippen LogP contribution >= 0.6 is 11.3 Å². The highest BCUT2D eigenvalue weighted by molar-refractivity contribution is 7.09. The van der Waals surface area contributed by atoms with Crippen molar-refractivity contribution >= 4 is 17.0 Å². The first kappa shape index (κ1) is 13.6. The summed E-state index contributed by atoms with van der Waals surface area (Å²) in [5, 5.41) is 5.48. The van der Waals surface area contributed by atoms with Crippen molar-refractivity contribution in [2.45, 2.75) is 32.0 Å². The van der Waals surface area contributed by atoms with Gasteiger partial charge in [0.1, 0.15) is 5.82 Å². The minimum Gasteiger partial charge on any atom is -0.369 e. The van der Waals surface area contributed by atoms with E-state index in [1.54, 1.807) is 23.5 Å². The number of nitrogens with one attached hydrogen (secondary N) is 1. The Kier molecular flexibility index (Phi) is 4.03. The zero-order valence-electron chi connectivity index (χ0n) is 11.6. The molecule has 0 saturated heterocycles. The number of nitrogens with zero attached hydrogens (tertiary/aromatic N) is 1. The van der Waals surface area contributed by atoms with E-state index in [1.165, 1.54) is 17.7 Å². The van der Waals surface area contributed by atoms with Gasteiger partial charge in [-0.2, -0.15) is 0 Å². The molecule has 1 N–H and O–H groups in total. The summed E-state index contributed by atoms with van der Waals surface area (Å²) in [4.78, 5) is 3.41. The molecule has 1 saturated carbocycles. The van der Waals surface area contributed by atoms with Crippen molar-refractivity contribution in [3.63, 3.8) is 0 Å². The highest BCUT2D eigenvalue weighted by Gasteiger charge is 2.22. The van der Waals surface area contributed by atoms with Crippen LogP contribution in [0, 0.1) is 5.82 Å². The Labute approximate surface area is 123 Å². The summed E-state index contributed by atoms with van der Waals surface area (Å²) in [5.41, 5.74) is 1.75. The minimum atomic E-state index is -0.117. The Morgan fingerprint density at radius 1 is 1.30 bits per heavy atom. The second kappa shape index (κ2) is 5.94. The van der Waals surface area contributed by atoms with E-state index >= 15 is 0 Å². The van der Waals surface area contributed by atoms with Gasteiger partial charge in [0.25, 0.3) is 0 Å². The predicted octanol–water partition coefficient (Wildman–Crippen LogP) is 3.78. The normalized spacial score (nSPS) is 14.5. The molecule has 106 valence electrons. The van der Waals surface area contributed by atoms with Crippen molar-refractivity contribution in [1.29, 1.82) is 0 Å². The van der Waals surface area contributed by atoms with Gasteiger partial charge in [-0.15, -0.1) is 11.3 Å². The van der Waals surface area contributed by atoms with Gasteiger partial charge in [0.05, 0.1) is 6.54 Å². The van der Waals surface area contributed by atoms with Gasteiger partial charge in [0.15, 0.2) is 0 Å². The molecule has 0 amide bonds. The van der Waals surface area contributed by atoms with Crippen molar-refractivity contribution in [3.05, 3.63) is 52.0 Å². The van der Waals surface area contributed by atoms with E-state index in [2.05, 4.69) is 27.7 Å². The number of hydrogen-bond acceptors (Lipinski definition) is 3. The zero-order chi connectivity index (χ0) is 13.9. The van der Waals surface area contributed by atoms with Crippen LogP contribution in [0.15, 0.2) is 35.7 Å². The lowest BCUT2D eigenvalue weighted by atomic mass is 10.1. The third-order valence-corrected chi connectivity index (χ3v) is 4.48. The summed E-state index contributed by atoms with van der Waals surface area (Å²) < 4.78 is 14.1. The Balaban J connectivity index is 1.77. The van der Waals surface area contributed by atoms with E-state index in [-0.39, 0.29) is 5.82 Å². The van der Waals surface area contributed by atoms with E-state index in [4.69, 9.17) is 0 Å². The van der Waals surface area contributed by atoms with E-state index in [0.29, 0.717) is 12.6 Å². The maximum atomic E-state index is 14.1. The fraction of sp³-hybridized carbons (Fsp3) is 0.375. The van der Waals surface area contributed by atoms with Crippen LogP contribution in [-0.2, 0) is 13.1 Å². The maximum absolute atomic E-state index is 14.1. The summed E-state index contributed by atoms with van der Waals surface area (Å²) in [6.07, 6.45) is 2.43. The Hall–Kier alpha value is -1.39. The van der Waals surface area contributed by atoms with Gasteiger partial charge in [-0.3, -0.25) is 0 Å². The van der Waals surface area contributed by atoms with Crippen LogP contribution in [0.2, 0.25) is 0 Å². The van der Waals surface area contributed by atoms with Gasteiger partial charge in [0, 0.05) is 35.8 Å². The summed E-state index contributed by atoms with van der Waals surface area (Å²) >= 11 is 1.73. The second-order valence-corrected chi connectivity index (χ2v) is 6.36. The molecular formula is C16H19FN2S. The average Bonchev–Trinajstić information content (AvgIpc) is 3.13. The highest BCUT2D eigenvalue weighted by atomic mass is 32.1. The van der Waals surface area contributed by atoms with Crippen LogP contribution in [0.5, 0.6) is 0 Å². The molecule has 2 aromatic rings. The molecule has 0 unspecified atom stereocenters. The smallest absolute Gasteiger partial charge is 0.129 e. The Morgan fingerprint density at radius 2 is 2.15 bits per heavy atom. The molecule has 2 nitrogen and oxygen atoms in total. The molecule has 1 fully saturated rings. The van der Waals surface area contributed by atoms with Gasteiger partial charge in [0.2, 0.25) is 0 Å². The van der Waals surface area contributed by atoms with Gasteiger partial charge in [-0.25, -0.2) is 4.39 Å². The lowest BCUT2D eigenvalue weighted by Gasteiger charge is -2.22. The SMILES string of the molecule is CN(Cc1cccs1)c1cccc(F)c1CNC1CC1. The van der Waals surface area contributed by atoms with Crippen LogP contribution in [0.3, 0.4) is 0 Å². The van der Waals surface area contributed by atoms with Crippen LogP contribution < -0.4 is 10.2 Å². The van der Waals surface area contributed by atoms with Crippen molar-refractivity contribution in [2.75, 3.05) is 11.9 Å². The largest absolute Gasteiger partial charge is 0.369 e. The van der Waals surface area contributed by atoms with Crippen molar-refractivity contribution in [2.24, 2.45) is 0 Å². The maximum Gasteiger partial charge on any atom is 0.129 e. The standard InChI is InChI=1S/C16H19FN2S/c1-19(11-13-4-3-9-20-13)16-6-2-5-15(17)14(16)10-18-12-7-8-12/h2-6,9,12,18H,7-8,10-11H2,1H3. The number of thiophene rings is 1. The Morgan fingerprint density at radius 3 is 2.85 bits per heavy atom. The van der Waals surface area contributed by atoms with Crippen molar-refractivity contribution in [1.82, 2.24) is 5.32 Å². The topological polar surface area (TPSA) is 15.3 Å². The van der Waals surface area contributed by atoms with Crippen molar-refractivity contribution < 1.29 is 4.39 Å². The molecule has 1 aromatic carbocycles. The molecule has 4 heteroatoms. The second-order valence-electron chi connectivity index (χ2n) is 5.33. The number of halogens is 1. The average molecular weight is 290 g/mol.